The molecule has 3 N–H and O–H groups in total. The van der Waals surface area contributed by atoms with Gasteiger partial charge in [0.05, 0.1) is 11.9 Å². The summed E-state index contributed by atoms with van der Waals surface area (Å²) in [5.41, 5.74) is 0.832. The second kappa shape index (κ2) is 7.79. The van der Waals surface area contributed by atoms with Crippen LogP contribution < -0.4 is 10.6 Å². The van der Waals surface area contributed by atoms with Gasteiger partial charge in [0.2, 0.25) is 0 Å². The topological polar surface area (TPSA) is 91.6 Å². The Hall–Kier alpha value is -2.60. The number of furan rings is 1. The van der Waals surface area contributed by atoms with Crippen LogP contribution in [-0.2, 0) is 22.6 Å². The van der Waals surface area contributed by atoms with Crippen molar-refractivity contribution in [1.82, 2.24) is 10.6 Å². The number of hydrogen-bond donors (Lipinski definition) is 3. The van der Waals surface area contributed by atoms with Crippen molar-refractivity contribution >= 4 is 11.8 Å². The number of hydrogen-bond acceptors (Lipinski definition) is 4. The fraction of sp³-hybridized carbons (Fsp3) is 0.333. The number of carbonyl (C=O) groups excluding carboxylic acids is 2. The molecule has 128 valence electrons. The molecular weight excluding hydrogens is 308 g/mol. The lowest BCUT2D eigenvalue weighted by atomic mass is 10.0. The van der Waals surface area contributed by atoms with Crippen LogP contribution in [0.1, 0.15) is 23.8 Å². The Balaban J connectivity index is 1.76. The Kier molecular flexibility index (Phi) is 5.76. The van der Waals surface area contributed by atoms with Gasteiger partial charge in [0, 0.05) is 19.5 Å². The molecule has 0 aliphatic rings. The first-order chi connectivity index (χ1) is 11.4. The van der Waals surface area contributed by atoms with Gasteiger partial charge in [-0.25, -0.2) is 0 Å². The summed E-state index contributed by atoms with van der Waals surface area (Å²) < 4.78 is 5.17. The molecule has 0 bridgehead atoms. The minimum atomic E-state index is -1.20. The van der Waals surface area contributed by atoms with E-state index in [1.54, 1.807) is 19.1 Å². The Labute approximate surface area is 140 Å². The van der Waals surface area contributed by atoms with Gasteiger partial charge in [-0.3, -0.25) is 9.59 Å². The van der Waals surface area contributed by atoms with Crippen molar-refractivity contribution in [2.75, 3.05) is 6.54 Å². The van der Waals surface area contributed by atoms with E-state index >= 15 is 0 Å². The van der Waals surface area contributed by atoms with Crippen molar-refractivity contribution in [3.63, 3.8) is 0 Å². The molecule has 1 heterocycles. The zero-order valence-corrected chi connectivity index (χ0v) is 13.8. The third kappa shape index (κ3) is 5.55. The number of amides is 2. The first-order valence-electron chi connectivity index (χ1n) is 7.72. The first kappa shape index (κ1) is 17.7. The van der Waals surface area contributed by atoms with Crippen LogP contribution in [-0.4, -0.2) is 29.1 Å². The van der Waals surface area contributed by atoms with E-state index in [1.165, 1.54) is 6.26 Å². The molecule has 6 nitrogen and oxygen atoms in total. The predicted octanol–water partition coefficient (Wildman–Crippen LogP) is 1.31. The molecular formula is C18H22N2O4. The van der Waals surface area contributed by atoms with Gasteiger partial charge in [-0.05, 0) is 31.5 Å². The lowest BCUT2D eigenvalue weighted by Crippen LogP contribution is -2.47. The number of aryl methyl sites for hydroxylation is 1. The monoisotopic (exact) mass is 330 g/mol. The molecule has 2 aromatic rings. The van der Waals surface area contributed by atoms with Crippen LogP contribution in [0.3, 0.4) is 0 Å². The van der Waals surface area contributed by atoms with Crippen molar-refractivity contribution in [2.24, 2.45) is 0 Å². The predicted molar refractivity (Wildman–Crippen MR) is 89.1 cm³/mol. The minimum Gasteiger partial charge on any atom is -0.469 e. The molecule has 0 saturated carbocycles. The summed E-state index contributed by atoms with van der Waals surface area (Å²) in [4.78, 5) is 23.6. The molecule has 1 atom stereocenters. The Bertz CT molecular complexity index is 676. The zero-order valence-electron chi connectivity index (χ0n) is 13.8. The van der Waals surface area contributed by atoms with Gasteiger partial charge < -0.3 is 20.2 Å². The second-order valence-electron chi connectivity index (χ2n) is 6.10. The van der Waals surface area contributed by atoms with Gasteiger partial charge in [0.1, 0.15) is 5.76 Å². The fourth-order valence-electron chi connectivity index (χ4n) is 2.17. The maximum Gasteiger partial charge on any atom is 0.309 e. The van der Waals surface area contributed by atoms with Crippen LogP contribution in [0.2, 0.25) is 0 Å². The van der Waals surface area contributed by atoms with Gasteiger partial charge in [0.25, 0.3) is 0 Å². The largest absolute Gasteiger partial charge is 0.469 e. The second-order valence-corrected chi connectivity index (χ2v) is 6.10. The van der Waals surface area contributed by atoms with Gasteiger partial charge in [-0.1, -0.05) is 29.8 Å². The highest BCUT2D eigenvalue weighted by Crippen LogP contribution is 2.12. The van der Waals surface area contributed by atoms with E-state index in [0.717, 1.165) is 11.1 Å². The SMILES string of the molecule is Cc1ccc(CNC(=O)C(=O)NCC(C)(O)Cc2ccco2)cc1. The van der Waals surface area contributed by atoms with Crippen LogP contribution in [0.15, 0.2) is 47.1 Å². The Morgan fingerprint density at radius 1 is 1.12 bits per heavy atom. The number of carbonyl (C=O) groups is 2. The first-order valence-corrected chi connectivity index (χ1v) is 7.72. The summed E-state index contributed by atoms with van der Waals surface area (Å²) >= 11 is 0. The molecule has 0 fully saturated rings. The molecule has 1 aromatic carbocycles. The van der Waals surface area contributed by atoms with Crippen LogP contribution >= 0.6 is 0 Å². The lowest BCUT2D eigenvalue weighted by Gasteiger charge is -2.22. The molecule has 0 aliphatic carbocycles. The summed E-state index contributed by atoms with van der Waals surface area (Å²) in [6.07, 6.45) is 1.76. The molecule has 6 heteroatoms. The summed E-state index contributed by atoms with van der Waals surface area (Å²) in [6, 6.07) is 11.1. The van der Waals surface area contributed by atoms with E-state index < -0.39 is 17.4 Å². The van der Waals surface area contributed by atoms with E-state index in [1.807, 2.05) is 31.2 Å². The highest BCUT2D eigenvalue weighted by molar-refractivity contribution is 6.35. The average Bonchev–Trinajstić information content (AvgIpc) is 3.04. The highest BCUT2D eigenvalue weighted by Gasteiger charge is 2.24. The van der Waals surface area contributed by atoms with Crippen molar-refractivity contribution in [2.45, 2.75) is 32.4 Å². The van der Waals surface area contributed by atoms with E-state index in [-0.39, 0.29) is 19.5 Å². The van der Waals surface area contributed by atoms with E-state index in [9.17, 15) is 14.7 Å². The third-order valence-electron chi connectivity index (χ3n) is 3.54. The van der Waals surface area contributed by atoms with Crippen molar-refractivity contribution in [3.05, 3.63) is 59.5 Å². The molecule has 1 aromatic heterocycles. The average molecular weight is 330 g/mol. The lowest BCUT2D eigenvalue weighted by molar-refractivity contribution is -0.139. The van der Waals surface area contributed by atoms with Crippen molar-refractivity contribution in [1.29, 1.82) is 0 Å². The van der Waals surface area contributed by atoms with Crippen LogP contribution in [0.4, 0.5) is 0 Å². The van der Waals surface area contributed by atoms with Gasteiger partial charge in [-0.15, -0.1) is 0 Å². The van der Waals surface area contributed by atoms with Crippen LogP contribution in [0, 0.1) is 6.92 Å². The highest BCUT2D eigenvalue weighted by atomic mass is 16.3. The maximum absolute atomic E-state index is 11.8. The van der Waals surface area contributed by atoms with Gasteiger partial charge >= 0.3 is 11.8 Å². The molecule has 0 saturated heterocycles. The number of benzene rings is 1. The molecule has 0 radical (unpaired) electrons. The summed E-state index contributed by atoms with van der Waals surface area (Å²) in [5.74, 6) is -0.899. The number of aliphatic hydroxyl groups is 1. The summed E-state index contributed by atoms with van der Waals surface area (Å²) in [5, 5.41) is 15.2. The molecule has 2 rings (SSSR count). The van der Waals surface area contributed by atoms with Crippen LogP contribution in [0.5, 0.6) is 0 Å². The summed E-state index contributed by atoms with van der Waals surface area (Å²) in [6.45, 7) is 3.77. The Morgan fingerprint density at radius 3 is 2.42 bits per heavy atom. The zero-order chi connectivity index (χ0) is 17.6. The molecule has 0 aliphatic heterocycles. The Morgan fingerprint density at radius 2 is 1.79 bits per heavy atom. The quantitative estimate of drug-likeness (QED) is 0.697. The third-order valence-corrected chi connectivity index (χ3v) is 3.54. The smallest absolute Gasteiger partial charge is 0.309 e. The number of nitrogens with one attached hydrogen (secondary N) is 2. The maximum atomic E-state index is 11.8. The number of rotatable bonds is 6. The molecule has 24 heavy (non-hydrogen) atoms. The van der Waals surface area contributed by atoms with Crippen molar-refractivity contribution < 1.29 is 19.1 Å². The minimum absolute atomic E-state index is 0.0511. The van der Waals surface area contributed by atoms with E-state index in [4.69, 9.17) is 4.42 Å². The molecule has 0 spiro atoms. The summed E-state index contributed by atoms with van der Waals surface area (Å²) in [7, 11) is 0. The normalized spacial score (nSPS) is 13.1. The van der Waals surface area contributed by atoms with Crippen LogP contribution in [0.25, 0.3) is 0 Å². The molecule has 1 unspecified atom stereocenters. The van der Waals surface area contributed by atoms with Gasteiger partial charge in [0.15, 0.2) is 0 Å². The van der Waals surface area contributed by atoms with Crippen molar-refractivity contribution in [3.8, 4) is 0 Å². The van der Waals surface area contributed by atoms with Gasteiger partial charge in [-0.2, -0.15) is 0 Å². The van der Waals surface area contributed by atoms with E-state index in [2.05, 4.69) is 10.6 Å². The standard InChI is InChI=1S/C18H22N2O4/c1-13-5-7-14(8-6-13)11-19-16(21)17(22)20-12-18(2,23)10-15-4-3-9-24-15/h3-9,23H,10-12H2,1-2H3,(H,19,21)(H,20,22). The van der Waals surface area contributed by atoms with E-state index in [0.29, 0.717) is 5.76 Å². The molecule has 2 amide bonds. The fourth-order valence-corrected chi connectivity index (χ4v) is 2.17.